The van der Waals surface area contributed by atoms with E-state index in [4.69, 9.17) is 5.73 Å². The van der Waals surface area contributed by atoms with Crippen molar-refractivity contribution in [2.24, 2.45) is 0 Å². The number of hydrogen-bond donors (Lipinski definition) is 1. The van der Waals surface area contributed by atoms with E-state index in [1.807, 2.05) is 6.92 Å². The minimum absolute atomic E-state index is 0.283. The molecule has 2 aromatic rings. The molecule has 0 atom stereocenters. The van der Waals surface area contributed by atoms with Gasteiger partial charge in [-0.1, -0.05) is 0 Å². The molecular formula is C9H10FN3. The maximum atomic E-state index is 12.8. The van der Waals surface area contributed by atoms with Crippen LogP contribution in [0.1, 0.15) is 6.92 Å². The molecular weight excluding hydrogens is 169 g/mol. The Kier molecular flexibility index (Phi) is 1.69. The zero-order valence-electron chi connectivity index (χ0n) is 7.29. The lowest BCUT2D eigenvalue weighted by Crippen LogP contribution is -2.01. The highest BCUT2D eigenvalue weighted by molar-refractivity contribution is 5.88. The summed E-state index contributed by atoms with van der Waals surface area (Å²) in [6.45, 7) is 2.64. The number of aryl methyl sites for hydroxylation is 1. The van der Waals surface area contributed by atoms with Crippen molar-refractivity contribution in [1.29, 1.82) is 0 Å². The first-order chi connectivity index (χ1) is 6.22. The number of nitrogens with two attached hydrogens (primary N) is 1. The molecule has 0 saturated heterocycles. The lowest BCUT2D eigenvalue weighted by molar-refractivity contribution is 0.630. The first-order valence-corrected chi connectivity index (χ1v) is 4.14. The largest absolute Gasteiger partial charge is 0.383 e. The third-order valence-electron chi connectivity index (χ3n) is 2.04. The number of benzene rings is 1. The molecule has 0 spiro atoms. The zero-order valence-corrected chi connectivity index (χ0v) is 7.29. The van der Waals surface area contributed by atoms with E-state index in [-0.39, 0.29) is 5.82 Å². The van der Waals surface area contributed by atoms with Gasteiger partial charge in [-0.3, -0.25) is 0 Å². The maximum absolute atomic E-state index is 12.8. The molecule has 13 heavy (non-hydrogen) atoms. The number of fused-ring (bicyclic) bond motifs is 1. The molecule has 68 valence electrons. The Labute approximate surface area is 75.0 Å². The molecule has 0 radical (unpaired) electrons. The summed E-state index contributed by atoms with van der Waals surface area (Å²) >= 11 is 0. The third kappa shape index (κ3) is 1.14. The summed E-state index contributed by atoms with van der Waals surface area (Å²) in [7, 11) is 0. The van der Waals surface area contributed by atoms with E-state index in [0.29, 0.717) is 17.7 Å². The average molecular weight is 179 g/mol. The van der Waals surface area contributed by atoms with Crippen LogP contribution in [0.3, 0.4) is 0 Å². The fourth-order valence-electron chi connectivity index (χ4n) is 1.36. The molecule has 4 heteroatoms. The van der Waals surface area contributed by atoms with Gasteiger partial charge >= 0.3 is 0 Å². The van der Waals surface area contributed by atoms with Crippen molar-refractivity contribution in [2.75, 3.05) is 5.73 Å². The van der Waals surface area contributed by atoms with Gasteiger partial charge in [0.15, 0.2) is 0 Å². The molecule has 0 bridgehead atoms. The van der Waals surface area contributed by atoms with Gasteiger partial charge in [0.1, 0.15) is 11.6 Å². The molecule has 0 unspecified atom stereocenters. The van der Waals surface area contributed by atoms with Gasteiger partial charge in [-0.05, 0) is 25.1 Å². The second-order valence-electron chi connectivity index (χ2n) is 2.86. The third-order valence-corrected chi connectivity index (χ3v) is 2.04. The van der Waals surface area contributed by atoms with Gasteiger partial charge in [-0.25, -0.2) is 9.07 Å². The molecule has 2 rings (SSSR count). The minimum atomic E-state index is -0.283. The van der Waals surface area contributed by atoms with Crippen LogP contribution in [0.5, 0.6) is 0 Å². The predicted molar refractivity (Wildman–Crippen MR) is 49.8 cm³/mol. The van der Waals surface area contributed by atoms with Crippen LogP contribution >= 0.6 is 0 Å². The van der Waals surface area contributed by atoms with E-state index in [0.717, 1.165) is 5.52 Å². The number of anilines is 1. The van der Waals surface area contributed by atoms with E-state index >= 15 is 0 Å². The molecule has 3 nitrogen and oxygen atoms in total. The van der Waals surface area contributed by atoms with Crippen molar-refractivity contribution >= 4 is 16.7 Å². The van der Waals surface area contributed by atoms with Crippen LogP contribution in [0.2, 0.25) is 0 Å². The molecule has 1 aromatic heterocycles. The van der Waals surface area contributed by atoms with Crippen LogP contribution in [0, 0.1) is 5.82 Å². The van der Waals surface area contributed by atoms with Crippen molar-refractivity contribution in [3.05, 3.63) is 24.0 Å². The Morgan fingerprint density at radius 2 is 2.31 bits per heavy atom. The van der Waals surface area contributed by atoms with Crippen molar-refractivity contribution < 1.29 is 4.39 Å². The molecule has 0 aliphatic heterocycles. The molecule has 2 N–H and O–H groups in total. The van der Waals surface area contributed by atoms with Gasteiger partial charge in [-0.15, -0.1) is 0 Å². The monoisotopic (exact) mass is 179 g/mol. The first-order valence-electron chi connectivity index (χ1n) is 4.14. The van der Waals surface area contributed by atoms with Crippen LogP contribution in [0.4, 0.5) is 10.2 Å². The number of nitrogen functional groups attached to an aromatic ring is 1. The number of aromatic nitrogens is 2. The van der Waals surface area contributed by atoms with Crippen LogP contribution < -0.4 is 5.73 Å². The Morgan fingerprint density at radius 1 is 1.54 bits per heavy atom. The Bertz CT molecular complexity index is 447. The van der Waals surface area contributed by atoms with Crippen LogP contribution in [0.15, 0.2) is 18.2 Å². The first kappa shape index (κ1) is 8.04. The lowest BCUT2D eigenvalue weighted by atomic mass is 10.2. The highest BCUT2D eigenvalue weighted by Crippen LogP contribution is 2.20. The lowest BCUT2D eigenvalue weighted by Gasteiger charge is -1.96. The van der Waals surface area contributed by atoms with Crippen molar-refractivity contribution in [3.8, 4) is 0 Å². The Balaban J connectivity index is 2.77. The van der Waals surface area contributed by atoms with Gasteiger partial charge in [0.05, 0.1) is 5.52 Å². The zero-order chi connectivity index (χ0) is 9.42. The summed E-state index contributed by atoms with van der Waals surface area (Å²) in [5, 5.41) is 4.88. The quantitative estimate of drug-likeness (QED) is 0.725. The fourth-order valence-corrected chi connectivity index (χ4v) is 1.36. The summed E-state index contributed by atoms with van der Waals surface area (Å²) in [5.41, 5.74) is 6.49. The Morgan fingerprint density at radius 3 is 3.00 bits per heavy atom. The maximum Gasteiger partial charge on any atom is 0.129 e. The van der Waals surface area contributed by atoms with Gasteiger partial charge in [0.25, 0.3) is 0 Å². The number of hydrogen-bond acceptors (Lipinski definition) is 2. The van der Waals surface area contributed by atoms with Gasteiger partial charge in [-0.2, -0.15) is 5.10 Å². The number of rotatable bonds is 1. The fraction of sp³-hybridized carbons (Fsp3) is 0.222. The summed E-state index contributed by atoms with van der Waals surface area (Å²) < 4.78 is 14.5. The standard InChI is InChI=1S/C9H10FN3/c1-2-13-9(11)7-5-6(10)3-4-8(7)12-13/h3-5H,2,11H2,1H3. The van der Waals surface area contributed by atoms with Crippen molar-refractivity contribution in [3.63, 3.8) is 0 Å². The summed E-state index contributed by atoms with van der Waals surface area (Å²) in [6, 6.07) is 4.42. The topological polar surface area (TPSA) is 43.8 Å². The second kappa shape index (κ2) is 2.73. The smallest absolute Gasteiger partial charge is 0.129 e. The van der Waals surface area contributed by atoms with Gasteiger partial charge < -0.3 is 5.73 Å². The van der Waals surface area contributed by atoms with E-state index in [2.05, 4.69) is 5.10 Å². The Hall–Kier alpha value is -1.58. The van der Waals surface area contributed by atoms with Crippen LogP contribution in [0.25, 0.3) is 10.9 Å². The summed E-state index contributed by atoms with van der Waals surface area (Å²) in [6.07, 6.45) is 0. The van der Waals surface area contributed by atoms with E-state index in [1.165, 1.54) is 12.1 Å². The molecule has 0 fully saturated rings. The molecule has 1 heterocycles. The second-order valence-corrected chi connectivity index (χ2v) is 2.86. The summed E-state index contributed by atoms with van der Waals surface area (Å²) in [5.74, 6) is 0.242. The van der Waals surface area contributed by atoms with Crippen molar-refractivity contribution in [1.82, 2.24) is 9.78 Å². The molecule has 0 saturated carbocycles. The number of halogens is 1. The van der Waals surface area contributed by atoms with Gasteiger partial charge in [0.2, 0.25) is 0 Å². The van der Waals surface area contributed by atoms with Crippen LogP contribution in [-0.4, -0.2) is 9.78 Å². The molecule has 0 aliphatic rings. The predicted octanol–water partition coefficient (Wildman–Crippen LogP) is 1.78. The normalized spacial score (nSPS) is 10.9. The van der Waals surface area contributed by atoms with E-state index in [9.17, 15) is 4.39 Å². The van der Waals surface area contributed by atoms with Gasteiger partial charge in [0, 0.05) is 11.9 Å². The highest BCUT2D eigenvalue weighted by atomic mass is 19.1. The SMILES string of the molecule is CCn1nc2ccc(F)cc2c1N. The highest BCUT2D eigenvalue weighted by Gasteiger charge is 2.06. The molecule has 0 aliphatic carbocycles. The average Bonchev–Trinajstić information content (AvgIpc) is 2.44. The van der Waals surface area contributed by atoms with Crippen molar-refractivity contribution in [2.45, 2.75) is 13.5 Å². The van der Waals surface area contributed by atoms with E-state index < -0.39 is 0 Å². The number of nitrogens with zero attached hydrogens (tertiary/aromatic N) is 2. The minimum Gasteiger partial charge on any atom is -0.383 e. The van der Waals surface area contributed by atoms with E-state index in [1.54, 1.807) is 10.7 Å². The van der Waals surface area contributed by atoms with Crippen LogP contribution in [-0.2, 0) is 6.54 Å². The summed E-state index contributed by atoms with van der Waals surface area (Å²) in [4.78, 5) is 0. The molecule has 1 aromatic carbocycles. The molecule has 0 amide bonds.